The van der Waals surface area contributed by atoms with Crippen molar-refractivity contribution in [3.8, 4) is 0 Å². The Morgan fingerprint density at radius 2 is 1.65 bits per heavy atom. The fourth-order valence-corrected chi connectivity index (χ4v) is 2.89. The third kappa shape index (κ3) is 4.69. The van der Waals surface area contributed by atoms with Crippen LogP contribution in [0, 0.1) is 0 Å². The lowest BCUT2D eigenvalue weighted by Gasteiger charge is -2.37. The molecule has 6 heteroatoms. The summed E-state index contributed by atoms with van der Waals surface area (Å²) in [5.41, 5.74) is 1.92. The summed E-state index contributed by atoms with van der Waals surface area (Å²) in [4.78, 5) is 27.4. The van der Waals surface area contributed by atoms with Crippen LogP contribution in [-0.2, 0) is 11.2 Å². The van der Waals surface area contributed by atoms with E-state index in [1.54, 1.807) is 0 Å². The minimum atomic E-state index is -0.780. The largest absolute Gasteiger partial charge is 0.480 e. The maximum Gasteiger partial charge on any atom is 0.320 e. The highest BCUT2D eigenvalue weighted by Crippen LogP contribution is 2.13. The van der Waals surface area contributed by atoms with Gasteiger partial charge in [0.2, 0.25) is 0 Å². The second-order valence-corrected chi connectivity index (χ2v) is 5.64. The molecule has 0 spiro atoms. The lowest BCUT2D eigenvalue weighted by atomic mass is 10.1. The number of carboxylic acid groups (broad SMARTS) is 1. The number of aryl methyl sites for hydroxylation is 1. The molecule has 2 rings (SSSR count). The average molecular weight is 341 g/mol. The Hall–Kier alpha value is -1.59. The van der Waals surface area contributed by atoms with E-state index < -0.39 is 12.0 Å². The zero-order chi connectivity index (χ0) is 16.1. The van der Waals surface area contributed by atoms with E-state index in [-0.39, 0.29) is 18.3 Å². The van der Waals surface area contributed by atoms with E-state index in [9.17, 15) is 14.7 Å². The van der Waals surface area contributed by atoms with Gasteiger partial charge in [0.15, 0.2) is 0 Å². The van der Waals surface area contributed by atoms with E-state index in [1.165, 1.54) is 5.56 Å². The molecule has 1 aliphatic rings. The number of amides is 1. The predicted molar refractivity (Wildman–Crippen MR) is 92.3 cm³/mol. The minimum Gasteiger partial charge on any atom is -0.480 e. The third-order valence-corrected chi connectivity index (χ3v) is 4.32. The topological polar surface area (TPSA) is 60.9 Å². The fourth-order valence-electron chi connectivity index (χ4n) is 2.89. The molecule has 128 valence electrons. The summed E-state index contributed by atoms with van der Waals surface area (Å²) in [5, 5.41) is 9.21. The molecule has 1 aromatic rings. The van der Waals surface area contributed by atoms with Gasteiger partial charge >= 0.3 is 5.97 Å². The molecule has 1 aromatic carbocycles. The summed E-state index contributed by atoms with van der Waals surface area (Å²) in [7, 11) is 0. The first kappa shape index (κ1) is 19.5. The van der Waals surface area contributed by atoms with Crippen molar-refractivity contribution in [2.24, 2.45) is 0 Å². The molecule has 1 aliphatic heterocycles. The normalized spacial score (nSPS) is 16.5. The summed E-state index contributed by atoms with van der Waals surface area (Å²) in [5.74, 6) is -0.747. The monoisotopic (exact) mass is 340 g/mol. The summed E-state index contributed by atoms with van der Waals surface area (Å²) in [6.45, 7) is 6.36. The minimum absolute atomic E-state index is 0. The highest BCUT2D eigenvalue weighted by molar-refractivity contribution is 5.94. The highest BCUT2D eigenvalue weighted by Gasteiger charge is 2.29. The number of hydrogen-bond acceptors (Lipinski definition) is 3. The highest BCUT2D eigenvalue weighted by atomic mass is 35.5. The average Bonchev–Trinajstić information content (AvgIpc) is 2.55. The van der Waals surface area contributed by atoms with Gasteiger partial charge in [0.05, 0.1) is 0 Å². The maximum atomic E-state index is 12.5. The lowest BCUT2D eigenvalue weighted by Crippen LogP contribution is -2.53. The standard InChI is InChI=1S/C17H24N2O3.ClH/c1-3-13-5-7-14(8-6-13)16(20)19-11-9-18(10-12-19)15(4-2)17(21)22;/h5-8,15H,3-4,9-12H2,1-2H3,(H,21,22);1H. The molecule has 1 N–H and O–H groups in total. The van der Waals surface area contributed by atoms with Crippen molar-refractivity contribution in [1.29, 1.82) is 0 Å². The molecule has 23 heavy (non-hydrogen) atoms. The van der Waals surface area contributed by atoms with Crippen LogP contribution in [0.5, 0.6) is 0 Å². The van der Waals surface area contributed by atoms with Gasteiger partial charge in [-0.2, -0.15) is 0 Å². The van der Waals surface area contributed by atoms with Crippen molar-refractivity contribution in [2.45, 2.75) is 32.7 Å². The van der Waals surface area contributed by atoms with Crippen molar-refractivity contribution in [3.05, 3.63) is 35.4 Å². The molecule has 0 aromatic heterocycles. The van der Waals surface area contributed by atoms with Crippen molar-refractivity contribution in [1.82, 2.24) is 9.80 Å². The Labute approximate surface area is 143 Å². The smallest absolute Gasteiger partial charge is 0.320 e. The van der Waals surface area contributed by atoms with Crippen LogP contribution in [-0.4, -0.2) is 59.0 Å². The SMILES string of the molecule is CCc1ccc(C(=O)N2CCN(C(CC)C(=O)O)CC2)cc1.Cl. The van der Waals surface area contributed by atoms with Gasteiger partial charge in [-0.25, -0.2) is 0 Å². The van der Waals surface area contributed by atoms with Crippen LogP contribution in [0.4, 0.5) is 0 Å². The van der Waals surface area contributed by atoms with Crippen LogP contribution in [0.2, 0.25) is 0 Å². The van der Waals surface area contributed by atoms with Crippen molar-refractivity contribution >= 4 is 24.3 Å². The van der Waals surface area contributed by atoms with Crippen molar-refractivity contribution in [3.63, 3.8) is 0 Å². The molecule has 1 atom stereocenters. The number of carbonyl (C=O) groups excluding carboxylic acids is 1. The van der Waals surface area contributed by atoms with Crippen LogP contribution in [0.3, 0.4) is 0 Å². The molecule has 1 fully saturated rings. The molecule has 0 bridgehead atoms. The van der Waals surface area contributed by atoms with E-state index in [0.29, 0.717) is 38.2 Å². The molecule has 1 saturated heterocycles. The first-order valence-corrected chi connectivity index (χ1v) is 7.91. The van der Waals surface area contributed by atoms with Crippen LogP contribution in [0.1, 0.15) is 36.2 Å². The number of rotatable bonds is 5. The lowest BCUT2D eigenvalue weighted by molar-refractivity contribution is -0.144. The second-order valence-electron chi connectivity index (χ2n) is 5.64. The number of aliphatic carboxylic acids is 1. The molecule has 1 heterocycles. The van der Waals surface area contributed by atoms with Gasteiger partial charge < -0.3 is 10.0 Å². The molecule has 0 radical (unpaired) electrons. The number of carbonyl (C=O) groups is 2. The Balaban J connectivity index is 0.00000264. The summed E-state index contributed by atoms with van der Waals surface area (Å²) < 4.78 is 0. The zero-order valence-corrected chi connectivity index (χ0v) is 14.5. The van der Waals surface area contributed by atoms with Gasteiger partial charge in [0.25, 0.3) is 5.91 Å². The Kier molecular flexibility index (Phi) is 7.52. The van der Waals surface area contributed by atoms with Gasteiger partial charge in [0, 0.05) is 31.7 Å². The molecule has 0 aliphatic carbocycles. The molecule has 1 unspecified atom stereocenters. The molecule has 5 nitrogen and oxygen atoms in total. The maximum absolute atomic E-state index is 12.5. The Morgan fingerprint density at radius 3 is 2.09 bits per heavy atom. The van der Waals surface area contributed by atoms with Gasteiger partial charge in [-0.1, -0.05) is 26.0 Å². The van der Waals surface area contributed by atoms with Gasteiger partial charge in [-0.3, -0.25) is 14.5 Å². The number of piperazine rings is 1. The van der Waals surface area contributed by atoms with E-state index >= 15 is 0 Å². The zero-order valence-electron chi connectivity index (χ0n) is 13.7. The van der Waals surface area contributed by atoms with Crippen molar-refractivity contribution < 1.29 is 14.7 Å². The Morgan fingerprint density at radius 1 is 1.09 bits per heavy atom. The van der Waals surface area contributed by atoms with Crippen molar-refractivity contribution in [2.75, 3.05) is 26.2 Å². The van der Waals surface area contributed by atoms with E-state index in [0.717, 1.165) is 6.42 Å². The number of halogens is 1. The van der Waals surface area contributed by atoms with E-state index in [4.69, 9.17) is 0 Å². The van der Waals surface area contributed by atoms with Gasteiger partial charge in [0.1, 0.15) is 6.04 Å². The molecular formula is C17H25ClN2O3. The number of benzene rings is 1. The number of nitrogens with zero attached hydrogens (tertiary/aromatic N) is 2. The summed E-state index contributed by atoms with van der Waals surface area (Å²) in [6, 6.07) is 7.28. The van der Waals surface area contributed by atoms with Crippen LogP contribution >= 0.6 is 12.4 Å². The Bertz CT molecular complexity index is 525. The van der Waals surface area contributed by atoms with E-state index in [1.807, 2.05) is 41.0 Å². The van der Waals surface area contributed by atoms with Gasteiger partial charge in [-0.05, 0) is 30.5 Å². The molecule has 0 saturated carbocycles. The molecule has 1 amide bonds. The van der Waals surface area contributed by atoms with E-state index in [2.05, 4.69) is 6.92 Å². The van der Waals surface area contributed by atoms with Crippen LogP contribution < -0.4 is 0 Å². The molecular weight excluding hydrogens is 316 g/mol. The fraction of sp³-hybridized carbons (Fsp3) is 0.529. The van der Waals surface area contributed by atoms with Crippen LogP contribution in [0.15, 0.2) is 24.3 Å². The van der Waals surface area contributed by atoms with Gasteiger partial charge in [-0.15, -0.1) is 12.4 Å². The predicted octanol–water partition coefficient (Wildman–Crippen LogP) is 2.29. The summed E-state index contributed by atoms with van der Waals surface area (Å²) in [6.07, 6.45) is 1.54. The quantitative estimate of drug-likeness (QED) is 0.893. The first-order chi connectivity index (χ1) is 10.6. The summed E-state index contributed by atoms with van der Waals surface area (Å²) >= 11 is 0. The number of carboxylic acids is 1. The third-order valence-electron chi connectivity index (χ3n) is 4.32. The first-order valence-electron chi connectivity index (χ1n) is 7.91. The number of hydrogen-bond donors (Lipinski definition) is 1. The second kappa shape index (κ2) is 8.89. The van der Waals surface area contributed by atoms with Crippen LogP contribution in [0.25, 0.3) is 0 Å².